The maximum atomic E-state index is 12.3. The van der Waals surface area contributed by atoms with Crippen molar-refractivity contribution in [2.24, 2.45) is 0 Å². The molecule has 0 saturated carbocycles. The monoisotopic (exact) mass is 399 g/mol. The van der Waals surface area contributed by atoms with Gasteiger partial charge in [0.05, 0.1) is 6.61 Å². The average molecular weight is 400 g/mol. The van der Waals surface area contributed by atoms with Crippen molar-refractivity contribution in [1.82, 2.24) is 5.32 Å². The predicted molar refractivity (Wildman–Crippen MR) is 116 cm³/mol. The highest BCUT2D eigenvalue weighted by molar-refractivity contribution is 7.80. The SMILES string of the molecule is CCCCCOc1ccc(C(=O)NC(=S)Nc2ccc(NC(C)=O)cc2)cc1. The molecule has 0 spiro atoms. The smallest absolute Gasteiger partial charge is 0.257 e. The van der Waals surface area contributed by atoms with E-state index in [1.807, 2.05) is 0 Å². The molecule has 0 aliphatic carbocycles. The van der Waals surface area contributed by atoms with Gasteiger partial charge in [0.25, 0.3) is 5.91 Å². The third kappa shape index (κ3) is 7.36. The lowest BCUT2D eigenvalue weighted by Gasteiger charge is -2.11. The van der Waals surface area contributed by atoms with Crippen molar-refractivity contribution in [3.8, 4) is 5.75 Å². The van der Waals surface area contributed by atoms with Crippen LogP contribution in [-0.4, -0.2) is 23.5 Å². The fourth-order valence-electron chi connectivity index (χ4n) is 2.42. The van der Waals surface area contributed by atoms with Crippen LogP contribution in [0.4, 0.5) is 11.4 Å². The Labute approximate surface area is 170 Å². The molecule has 2 aromatic rings. The molecule has 148 valence electrons. The summed E-state index contributed by atoms with van der Waals surface area (Å²) in [5.74, 6) is 0.304. The number of carbonyl (C=O) groups is 2. The van der Waals surface area contributed by atoms with E-state index in [1.54, 1.807) is 48.5 Å². The number of hydrogen-bond donors (Lipinski definition) is 3. The molecule has 0 heterocycles. The van der Waals surface area contributed by atoms with Gasteiger partial charge in [-0.1, -0.05) is 19.8 Å². The Morgan fingerprint density at radius 1 is 0.929 bits per heavy atom. The lowest BCUT2D eigenvalue weighted by atomic mass is 10.2. The number of nitrogens with one attached hydrogen (secondary N) is 3. The summed E-state index contributed by atoms with van der Waals surface area (Å²) in [7, 11) is 0. The van der Waals surface area contributed by atoms with Crippen molar-refractivity contribution >= 4 is 40.5 Å². The van der Waals surface area contributed by atoms with Crippen molar-refractivity contribution in [2.75, 3.05) is 17.2 Å². The highest BCUT2D eigenvalue weighted by atomic mass is 32.1. The summed E-state index contributed by atoms with van der Waals surface area (Å²) in [6.07, 6.45) is 3.31. The lowest BCUT2D eigenvalue weighted by molar-refractivity contribution is -0.114. The lowest BCUT2D eigenvalue weighted by Crippen LogP contribution is -2.34. The fourth-order valence-corrected chi connectivity index (χ4v) is 2.63. The molecule has 2 amide bonds. The van der Waals surface area contributed by atoms with Crippen molar-refractivity contribution in [2.45, 2.75) is 33.1 Å². The molecule has 3 N–H and O–H groups in total. The number of carbonyl (C=O) groups excluding carboxylic acids is 2. The maximum Gasteiger partial charge on any atom is 0.257 e. The van der Waals surface area contributed by atoms with E-state index in [1.165, 1.54) is 6.92 Å². The van der Waals surface area contributed by atoms with E-state index in [-0.39, 0.29) is 16.9 Å². The van der Waals surface area contributed by atoms with Crippen molar-refractivity contribution < 1.29 is 14.3 Å². The van der Waals surface area contributed by atoms with E-state index >= 15 is 0 Å². The second-order valence-electron chi connectivity index (χ2n) is 6.25. The van der Waals surface area contributed by atoms with Gasteiger partial charge in [-0.05, 0) is 67.2 Å². The first-order valence-electron chi connectivity index (χ1n) is 9.21. The molecular formula is C21H25N3O3S. The summed E-state index contributed by atoms with van der Waals surface area (Å²) in [6, 6.07) is 14.0. The van der Waals surface area contributed by atoms with Crippen LogP contribution in [0.25, 0.3) is 0 Å². The van der Waals surface area contributed by atoms with E-state index < -0.39 is 0 Å². The van der Waals surface area contributed by atoms with Crippen LogP contribution in [-0.2, 0) is 4.79 Å². The average Bonchev–Trinajstić information content (AvgIpc) is 2.67. The molecule has 28 heavy (non-hydrogen) atoms. The molecule has 0 aliphatic rings. The molecule has 7 heteroatoms. The van der Waals surface area contributed by atoms with Gasteiger partial charge in [0.15, 0.2) is 5.11 Å². The Morgan fingerprint density at radius 2 is 1.54 bits per heavy atom. The Balaban J connectivity index is 1.83. The molecule has 2 rings (SSSR count). The number of unbranched alkanes of at least 4 members (excludes halogenated alkanes) is 2. The minimum absolute atomic E-state index is 0.138. The zero-order chi connectivity index (χ0) is 20.4. The normalized spacial score (nSPS) is 10.1. The van der Waals surface area contributed by atoms with Crippen LogP contribution in [0.2, 0.25) is 0 Å². The minimum Gasteiger partial charge on any atom is -0.494 e. The first-order chi connectivity index (χ1) is 13.5. The Kier molecular flexibility index (Phi) is 8.42. The Morgan fingerprint density at radius 3 is 2.11 bits per heavy atom. The number of thiocarbonyl (C=S) groups is 1. The van der Waals surface area contributed by atoms with E-state index in [0.29, 0.717) is 23.5 Å². The molecule has 0 unspecified atom stereocenters. The predicted octanol–water partition coefficient (Wildman–Crippen LogP) is 4.34. The van der Waals surface area contributed by atoms with E-state index in [9.17, 15) is 9.59 Å². The Bertz CT molecular complexity index is 805. The standard InChI is InChI=1S/C21H25N3O3S/c1-3-4-5-14-27-19-12-6-16(7-13-19)20(26)24-21(28)23-18-10-8-17(9-11-18)22-15(2)25/h6-13H,3-5,14H2,1-2H3,(H,22,25)(H2,23,24,26,28). The summed E-state index contributed by atoms with van der Waals surface area (Å²) < 4.78 is 5.64. The van der Waals surface area contributed by atoms with Gasteiger partial charge in [0.1, 0.15) is 5.75 Å². The van der Waals surface area contributed by atoms with Crippen LogP contribution >= 0.6 is 12.2 Å². The number of benzene rings is 2. The summed E-state index contributed by atoms with van der Waals surface area (Å²) >= 11 is 5.19. The van der Waals surface area contributed by atoms with Crippen LogP contribution in [0, 0.1) is 0 Å². The molecule has 0 aliphatic heterocycles. The largest absolute Gasteiger partial charge is 0.494 e. The fraction of sp³-hybridized carbons (Fsp3) is 0.286. The van der Waals surface area contributed by atoms with Gasteiger partial charge < -0.3 is 15.4 Å². The zero-order valence-corrected chi connectivity index (χ0v) is 16.9. The number of ether oxygens (including phenoxy) is 1. The van der Waals surface area contributed by atoms with Crippen molar-refractivity contribution in [1.29, 1.82) is 0 Å². The van der Waals surface area contributed by atoms with Crippen molar-refractivity contribution in [3.63, 3.8) is 0 Å². The number of hydrogen-bond acceptors (Lipinski definition) is 4. The van der Waals surface area contributed by atoms with Crippen LogP contribution in [0.5, 0.6) is 5.75 Å². The summed E-state index contributed by atoms with van der Waals surface area (Å²) in [6.45, 7) is 4.27. The third-order valence-corrected chi connectivity index (χ3v) is 4.03. The van der Waals surface area contributed by atoms with Gasteiger partial charge in [-0.3, -0.25) is 14.9 Å². The van der Waals surface area contributed by atoms with Gasteiger partial charge in [0, 0.05) is 23.9 Å². The molecule has 0 aromatic heterocycles. The molecule has 0 saturated heterocycles. The highest BCUT2D eigenvalue weighted by Gasteiger charge is 2.08. The number of anilines is 2. The minimum atomic E-state index is -0.301. The van der Waals surface area contributed by atoms with Gasteiger partial charge in [-0.25, -0.2) is 0 Å². The van der Waals surface area contributed by atoms with Crippen molar-refractivity contribution in [3.05, 3.63) is 54.1 Å². The first kappa shape index (κ1) is 21.4. The topological polar surface area (TPSA) is 79.5 Å². The van der Waals surface area contributed by atoms with E-state index in [4.69, 9.17) is 17.0 Å². The first-order valence-corrected chi connectivity index (χ1v) is 9.61. The molecule has 0 bridgehead atoms. The van der Waals surface area contributed by atoms with Gasteiger partial charge in [-0.15, -0.1) is 0 Å². The third-order valence-electron chi connectivity index (χ3n) is 3.82. The van der Waals surface area contributed by atoms with Crippen LogP contribution in [0.1, 0.15) is 43.5 Å². The summed E-state index contributed by atoms with van der Waals surface area (Å²) in [5.41, 5.74) is 1.88. The maximum absolute atomic E-state index is 12.3. The molecular weight excluding hydrogens is 374 g/mol. The molecule has 2 aromatic carbocycles. The van der Waals surface area contributed by atoms with Gasteiger partial charge in [0.2, 0.25) is 5.91 Å². The molecule has 6 nitrogen and oxygen atoms in total. The second-order valence-corrected chi connectivity index (χ2v) is 6.65. The number of rotatable bonds is 8. The summed E-state index contributed by atoms with van der Waals surface area (Å²) in [4.78, 5) is 23.3. The quantitative estimate of drug-likeness (QED) is 0.454. The zero-order valence-electron chi connectivity index (χ0n) is 16.1. The second kappa shape index (κ2) is 11.0. The molecule has 0 fully saturated rings. The van der Waals surface area contributed by atoms with E-state index in [0.717, 1.165) is 25.0 Å². The summed E-state index contributed by atoms with van der Waals surface area (Å²) in [5, 5.41) is 8.45. The van der Waals surface area contributed by atoms with E-state index in [2.05, 4.69) is 22.9 Å². The van der Waals surface area contributed by atoms with Crippen LogP contribution in [0.3, 0.4) is 0 Å². The molecule has 0 atom stereocenters. The van der Waals surface area contributed by atoms with Gasteiger partial charge in [-0.2, -0.15) is 0 Å². The van der Waals surface area contributed by atoms with Crippen LogP contribution < -0.4 is 20.7 Å². The van der Waals surface area contributed by atoms with Gasteiger partial charge >= 0.3 is 0 Å². The molecule has 0 radical (unpaired) electrons. The number of amides is 2. The Hall–Kier alpha value is -2.93. The van der Waals surface area contributed by atoms with Crippen LogP contribution in [0.15, 0.2) is 48.5 Å². The highest BCUT2D eigenvalue weighted by Crippen LogP contribution is 2.15.